The number of rotatable bonds is 5. The predicted molar refractivity (Wildman–Crippen MR) is 102 cm³/mol. The number of aromatic amines is 1. The van der Waals surface area contributed by atoms with Crippen LogP contribution in [0.3, 0.4) is 0 Å². The van der Waals surface area contributed by atoms with Gasteiger partial charge in [-0.25, -0.2) is 23.1 Å². The number of halogens is 3. The fraction of sp³-hybridized carbons (Fsp3) is 0.300. The van der Waals surface area contributed by atoms with Gasteiger partial charge in [-0.3, -0.25) is 0 Å². The molecule has 0 saturated heterocycles. The van der Waals surface area contributed by atoms with Gasteiger partial charge in [0, 0.05) is 17.8 Å². The second-order valence-electron chi connectivity index (χ2n) is 6.90. The summed E-state index contributed by atoms with van der Waals surface area (Å²) < 4.78 is 40.5. The van der Waals surface area contributed by atoms with Crippen LogP contribution in [0.1, 0.15) is 42.6 Å². The third-order valence-corrected chi connectivity index (χ3v) is 4.99. The molecule has 6 nitrogen and oxygen atoms in total. The van der Waals surface area contributed by atoms with Crippen molar-refractivity contribution >= 4 is 22.4 Å². The molecule has 0 fully saturated rings. The molecule has 1 aliphatic rings. The minimum atomic E-state index is -2.91. The molecule has 1 atom stereocenters. The van der Waals surface area contributed by atoms with E-state index in [-0.39, 0.29) is 11.4 Å². The predicted octanol–water partition coefficient (Wildman–Crippen LogP) is 3.66. The first-order valence-electron chi connectivity index (χ1n) is 9.25. The van der Waals surface area contributed by atoms with E-state index in [0.717, 1.165) is 36.8 Å². The lowest BCUT2D eigenvalue weighted by molar-refractivity contribution is -0.281. The Labute approximate surface area is 164 Å². The van der Waals surface area contributed by atoms with Crippen LogP contribution in [0, 0.1) is 5.82 Å². The SMILES string of the molecule is C[C@@H](Nc1nc([O-])nc2[nH]c(C3=CCNCC3)cc12)c1cccc(C(F)F)c1F. The van der Waals surface area contributed by atoms with E-state index in [4.69, 9.17) is 0 Å². The Balaban J connectivity index is 1.70. The first kappa shape index (κ1) is 19.3. The van der Waals surface area contributed by atoms with Crippen molar-refractivity contribution in [3.63, 3.8) is 0 Å². The highest BCUT2D eigenvalue weighted by atomic mass is 19.3. The Kier molecular flexibility index (Phi) is 5.14. The average Bonchev–Trinajstić information content (AvgIpc) is 3.12. The van der Waals surface area contributed by atoms with Crippen molar-refractivity contribution in [2.24, 2.45) is 0 Å². The van der Waals surface area contributed by atoms with E-state index in [1.807, 2.05) is 6.07 Å². The van der Waals surface area contributed by atoms with Crippen LogP contribution in [0.25, 0.3) is 16.6 Å². The lowest BCUT2D eigenvalue weighted by Crippen LogP contribution is -2.20. The topological polar surface area (TPSA) is 88.7 Å². The molecule has 0 bridgehead atoms. The van der Waals surface area contributed by atoms with Crippen molar-refractivity contribution in [1.82, 2.24) is 20.3 Å². The van der Waals surface area contributed by atoms with Crippen molar-refractivity contribution < 1.29 is 18.3 Å². The molecule has 0 saturated carbocycles. The zero-order valence-corrected chi connectivity index (χ0v) is 15.6. The highest BCUT2D eigenvalue weighted by Gasteiger charge is 2.21. The molecule has 0 aliphatic carbocycles. The Morgan fingerprint density at radius 3 is 2.72 bits per heavy atom. The summed E-state index contributed by atoms with van der Waals surface area (Å²) in [5.41, 5.74) is 1.72. The molecule has 3 aromatic rings. The molecule has 0 amide bonds. The Bertz CT molecular complexity index is 1080. The van der Waals surface area contributed by atoms with Gasteiger partial charge >= 0.3 is 0 Å². The van der Waals surface area contributed by atoms with E-state index in [9.17, 15) is 18.3 Å². The van der Waals surface area contributed by atoms with E-state index >= 15 is 0 Å². The van der Waals surface area contributed by atoms with Crippen molar-refractivity contribution in [3.05, 3.63) is 53.0 Å². The van der Waals surface area contributed by atoms with Crippen LogP contribution in [-0.2, 0) is 0 Å². The van der Waals surface area contributed by atoms with Gasteiger partial charge in [0.1, 0.15) is 17.3 Å². The maximum atomic E-state index is 14.5. The van der Waals surface area contributed by atoms with Crippen LogP contribution < -0.4 is 15.7 Å². The molecule has 0 radical (unpaired) electrons. The molecule has 0 unspecified atom stereocenters. The first-order chi connectivity index (χ1) is 13.9. The zero-order valence-electron chi connectivity index (χ0n) is 15.6. The standard InChI is InChI=1S/C20H20F3N5O/c1-10(12-3-2-4-13(16(12)21)17(22)23)25-18-14-9-15(11-5-7-24-8-6-11)26-19(14)28-20(29)27-18/h2-5,9-10,17,24H,6-8H2,1H3,(H3,25,26,27,28,29)/p-1/t10-/m1/s1. The quantitative estimate of drug-likeness (QED) is 0.606. The summed E-state index contributed by atoms with van der Waals surface area (Å²) in [7, 11) is 0. The number of fused-ring (bicyclic) bond motifs is 1. The van der Waals surface area contributed by atoms with Gasteiger partial charge in [0.25, 0.3) is 6.43 Å². The number of nitrogens with one attached hydrogen (secondary N) is 3. The summed E-state index contributed by atoms with van der Waals surface area (Å²) in [6.07, 6.45) is -0.0256. The normalized spacial score (nSPS) is 15.6. The minimum absolute atomic E-state index is 0.0684. The van der Waals surface area contributed by atoms with Crippen LogP contribution in [0.4, 0.5) is 19.0 Å². The monoisotopic (exact) mass is 402 g/mol. The van der Waals surface area contributed by atoms with Gasteiger partial charge in [0.05, 0.1) is 23.0 Å². The van der Waals surface area contributed by atoms with Crippen molar-refractivity contribution in [1.29, 1.82) is 0 Å². The van der Waals surface area contributed by atoms with Gasteiger partial charge in [-0.15, -0.1) is 0 Å². The van der Waals surface area contributed by atoms with E-state index in [1.54, 1.807) is 6.92 Å². The minimum Gasteiger partial charge on any atom is -0.844 e. The van der Waals surface area contributed by atoms with Gasteiger partial charge in [-0.2, -0.15) is 0 Å². The first-order valence-corrected chi connectivity index (χ1v) is 9.25. The van der Waals surface area contributed by atoms with Gasteiger partial charge in [0.15, 0.2) is 0 Å². The summed E-state index contributed by atoms with van der Waals surface area (Å²) in [5, 5.41) is 18.7. The Morgan fingerprint density at radius 2 is 2.00 bits per heavy atom. The molecular weight excluding hydrogens is 383 g/mol. The zero-order chi connectivity index (χ0) is 20.5. The number of aromatic nitrogens is 3. The fourth-order valence-corrected chi connectivity index (χ4v) is 3.49. The van der Waals surface area contributed by atoms with E-state index < -0.39 is 29.9 Å². The third-order valence-electron chi connectivity index (χ3n) is 4.99. The lowest BCUT2D eigenvalue weighted by atomic mass is 10.0. The number of hydrogen-bond acceptors (Lipinski definition) is 5. The third kappa shape index (κ3) is 3.77. The van der Waals surface area contributed by atoms with Crippen LogP contribution in [0.15, 0.2) is 30.3 Å². The Hall–Kier alpha value is -3.07. The maximum Gasteiger partial charge on any atom is 0.266 e. The summed E-state index contributed by atoms with van der Waals surface area (Å²) in [6, 6.07) is 4.32. The molecular formula is C20H19F3N5O-. The van der Waals surface area contributed by atoms with E-state index in [0.29, 0.717) is 11.0 Å². The lowest BCUT2D eigenvalue weighted by Gasteiger charge is -2.18. The molecule has 4 rings (SSSR count). The average molecular weight is 402 g/mol. The molecule has 0 spiro atoms. The molecule has 29 heavy (non-hydrogen) atoms. The molecule has 152 valence electrons. The number of hydrogen-bond donors (Lipinski definition) is 3. The second kappa shape index (κ2) is 7.75. The second-order valence-corrected chi connectivity index (χ2v) is 6.90. The summed E-state index contributed by atoms with van der Waals surface area (Å²) in [5.74, 6) is -0.740. The highest BCUT2D eigenvalue weighted by Crippen LogP contribution is 2.32. The van der Waals surface area contributed by atoms with Gasteiger partial charge in [0.2, 0.25) is 0 Å². The fourth-order valence-electron chi connectivity index (χ4n) is 3.49. The molecule has 2 aromatic heterocycles. The van der Waals surface area contributed by atoms with E-state index in [1.165, 1.54) is 12.1 Å². The molecule has 9 heteroatoms. The summed E-state index contributed by atoms with van der Waals surface area (Å²) in [6.45, 7) is 3.22. The molecule has 1 aromatic carbocycles. The van der Waals surface area contributed by atoms with Crippen LogP contribution in [-0.4, -0.2) is 28.0 Å². The molecule has 3 N–H and O–H groups in total. The largest absolute Gasteiger partial charge is 0.844 e. The van der Waals surface area contributed by atoms with Gasteiger partial charge in [-0.05, 0) is 31.5 Å². The molecule has 3 heterocycles. The smallest absolute Gasteiger partial charge is 0.266 e. The van der Waals surface area contributed by atoms with Crippen molar-refractivity contribution in [2.75, 3.05) is 18.4 Å². The maximum absolute atomic E-state index is 14.5. The van der Waals surface area contributed by atoms with Crippen LogP contribution in [0.5, 0.6) is 6.01 Å². The summed E-state index contributed by atoms with van der Waals surface area (Å²) >= 11 is 0. The number of H-pyrrole nitrogens is 1. The highest BCUT2D eigenvalue weighted by molar-refractivity contribution is 5.91. The Morgan fingerprint density at radius 1 is 1.21 bits per heavy atom. The summed E-state index contributed by atoms with van der Waals surface area (Å²) in [4.78, 5) is 11.0. The van der Waals surface area contributed by atoms with Gasteiger partial charge in [-0.1, -0.05) is 24.3 Å². The van der Waals surface area contributed by atoms with Crippen LogP contribution >= 0.6 is 0 Å². The van der Waals surface area contributed by atoms with Crippen molar-refractivity contribution in [2.45, 2.75) is 25.8 Å². The van der Waals surface area contributed by atoms with E-state index in [2.05, 4.69) is 31.7 Å². The van der Waals surface area contributed by atoms with Crippen LogP contribution in [0.2, 0.25) is 0 Å². The number of alkyl halides is 2. The van der Waals surface area contributed by atoms with Gasteiger partial charge < -0.3 is 20.7 Å². The number of anilines is 1. The number of nitrogens with zero attached hydrogens (tertiary/aromatic N) is 2. The number of benzene rings is 1. The molecule has 1 aliphatic heterocycles. The van der Waals surface area contributed by atoms with Crippen molar-refractivity contribution in [3.8, 4) is 6.01 Å².